The molecule has 2 N–H and O–H groups in total. The Labute approximate surface area is 282 Å². The molecule has 1 aliphatic rings. The van der Waals surface area contributed by atoms with Crippen molar-refractivity contribution >= 4 is 41.0 Å². The first-order valence-electron chi connectivity index (χ1n) is 17.8. The third-order valence-electron chi connectivity index (χ3n) is 8.57. The van der Waals surface area contributed by atoms with Crippen molar-refractivity contribution in [2.45, 2.75) is 156 Å². The van der Waals surface area contributed by atoms with Gasteiger partial charge in [0.05, 0.1) is 12.8 Å². The predicted octanol–water partition coefficient (Wildman–Crippen LogP) is 8.57. The number of carbonyl (C=O) groups is 5. The minimum Gasteiger partial charge on any atom is -0.495 e. The molecule has 1 aromatic rings. The second-order valence-electron chi connectivity index (χ2n) is 13.7. The van der Waals surface area contributed by atoms with Crippen LogP contribution in [0.2, 0.25) is 0 Å². The Morgan fingerprint density at radius 2 is 1.36 bits per heavy atom. The van der Waals surface area contributed by atoms with Gasteiger partial charge in [-0.1, -0.05) is 125 Å². The summed E-state index contributed by atoms with van der Waals surface area (Å²) in [6, 6.07) is 3.03. The fourth-order valence-corrected chi connectivity index (χ4v) is 5.69. The quantitative estimate of drug-likeness (QED) is 0.0890. The Kier molecular flexibility index (Phi) is 17.5. The molecule has 0 aliphatic carbocycles. The summed E-state index contributed by atoms with van der Waals surface area (Å²) in [5, 5.41) is 5.51. The normalized spacial score (nSPS) is 15.4. The lowest BCUT2D eigenvalue weighted by atomic mass is 9.85. The molecule has 0 spiro atoms. The number of benzene rings is 1. The monoisotopic (exact) mass is 657 g/mol. The van der Waals surface area contributed by atoms with Gasteiger partial charge in [-0.2, -0.15) is 0 Å². The lowest BCUT2D eigenvalue weighted by Gasteiger charge is -2.28. The minimum atomic E-state index is -1.74. The number of hydrogen-bond acceptors (Lipinski definition) is 7. The van der Waals surface area contributed by atoms with E-state index in [0.29, 0.717) is 17.0 Å². The van der Waals surface area contributed by atoms with Crippen molar-refractivity contribution in [1.82, 2.24) is 4.90 Å². The molecule has 2 atom stereocenters. The number of ether oxygens (including phenoxy) is 2. The number of carbonyl (C=O) groups excluding carboxylic acids is 5. The fraction of sp³-hybridized carbons (Fsp3) is 0.703. The van der Waals surface area contributed by atoms with E-state index in [2.05, 4.69) is 17.6 Å². The van der Waals surface area contributed by atoms with E-state index in [1.54, 1.807) is 39.8 Å². The summed E-state index contributed by atoms with van der Waals surface area (Å²) in [4.78, 5) is 65.7. The van der Waals surface area contributed by atoms with E-state index in [1.807, 2.05) is 0 Å². The van der Waals surface area contributed by atoms with Gasteiger partial charge in [0.15, 0.2) is 17.9 Å². The van der Waals surface area contributed by atoms with Gasteiger partial charge in [-0.15, -0.1) is 0 Å². The molecule has 0 bridgehead atoms. The third-order valence-corrected chi connectivity index (χ3v) is 8.57. The average Bonchev–Trinajstić information content (AvgIpc) is 3.31. The fourth-order valence-electron chi connectivity index (χ4n) is 5.69. The zero-order chi connectivity index (χ0) is 34.8. The Morgan fingerprint density at radius 1 is 0.830 bits per heavy atom. The molecule has 4 amide bonds. The van der Waals surface area contributed by atoms with Gasteiger partial charge >= 0.3 is 6.09 Å². The number of unbranched alkanes of at least 4 members (excludes halogenated alkanes) is 14. The molecular formula is C37H59N3O7. The first-order chi connectivity index (χ1) is 22.4. The molecule has 0 saturated carbocycles. The van der Waals surface area contributed by atoms with Gasteiger partial charge in [-0.25, -0.2) is 9.69 Å². The third kappa shape index (κ3) is 13.3. The Morgan fingerprint density at radius 3 is 1.83 bits per heavy atom. The van der Waals surface area contributed by atoms with Gasteiger partial charge in [0, 0.05) is 17.5 Å². The first-order valence-corrected chi connectivity index (χ1v) is 17.8. The van der Waals surface area contributed by atoms with Gasteiger partial charge in [-0.05, 0) is 31.0 Å². The molecule has 10 nitrogen and oxygen atoms in total. The second kappa shape index (κ2) is 20.7. The van der Waals surface area contributed by atoms with E-state index in [4.69, 9.17) is 9.47 Å². The molecule has 1 aromatic carbocycles. The van der Waals surface area contributed by atoms with E-state index in [0.717, 1.165) is 19.3 Å². The predicted molar refractivity (Wildman–Crippen MR) is 185 cm³/mol. The summed E-state index contributed by atoms with van der Waals surface area (Å²) in [5.41, 5.74) is -0.422. The van der Waals surface area contributed by atoms with Crippen molar-refractivity contribution in [1.29, 1.82) is 0 Å². The number of hydrogen-bond donors (Lipinski definition) is 2. The number of Topliss-reactive ketones (excluding diaryl/α,β-unsaturated/α-hetero) is 1. The van der Waals surface area contributed by atoms with Crippen molar-refractivity contribution in [2.75, 3.05) is 17.7 Å². The number of cyclic esters (lactones) is 1. The van der Waals surface area contributed by atoms with Gasteiger partial charge in [0.1, 0.15) is 5.75 Å². The summed E-state index contributed by atoms with van der Waals surface area (Å²) < 4.78 is 10.5. The van der Waals surface area contributed by atoms with E-state index in [9.17, 15) is 24.0 Å². The number of nitrogens with zero attached hydrogens (tertiary/aromatic N) is 1. The summed E-state index contributed by atoms with van der Waals surface area (Å²) >= 11 is 0. The average molecular weight is 658 g/mol. The largest absolute Gasteiger partial charge is 0.495 e. The van der Waals surface area contributed by atoms with Crippen molar-refractivity contribution < 1.29 is 33.4 Å². The summed E-state index contributed by atoms with van der Waals surface area (Å²) in [6.45, 7) is 8.74. The topological polar surface area (TPSA) is 131 Å². The summed E-state index contributed by atoms with van der Waals surface area (Å²) in [6.07, 6.45) is 17.3. The molecule has 47 heavy (non-hydrogen) atoms. The summed E-state index contributed by atoms with van der Waals surface area (Å²) in [5.74, 6) is -2.10. The molecule has 1 heterocycles. The molecule has 10 heteroatoms. The minimum absolute atomic E-state index is 0.140. The van der Waals surface area contributed by atoms with Crippen LogP contribution in [-0.2, 0) is 23.9 Å². The molecule has 264 valence electrons. The van der Waals surface area contributed by atoms with Gasteiger partial charge in [-0.3, -0.25) is 19.2 Å². The van der Waals surface area contributed by atoms with Crippen LogP contribution in [0.5, 0.6) is 5.75 Å². The summed E-state index contributed by atoms with van der Waals surface area (Å²) in [7, 11) is 1.42. The highest BCUT2D eigenvalue weighted by molar-refractivity contribution is 6.18. The lowest BCUT2D eigenvalue weighted by molar-refractivity contribution is -0.144. The van der Waals surface area contributed by atoms with Crippen molar-refractivity contribution in [3.05, 3.63) is 18.2 Å². The number of ketones is 1. The van der Waals surface area contributed by atoms with E-state index in [-0.39, 0.29) is 23.8 Å². The van der Waals surface area contributed by atoms with Crippen LogP contribution in [0, 0.1) is 5.41 Å². The van der Waals surface area contributed by atoms with Crippen LogP contribution in [0.1, 0.15) is 144 Å². The van der Waals surface area contributed by atoms with E-state index < -0.39 is 41.3 Å². The molecular weight excluding hydrogens is 598 g/mol. The van der Waals surface area contributed by atoms with Crippen LogP contribution >= 0.6 is 0 Å². The maximum atomic E-state index is 13.6. The molecule has 2 unspecified atom stereocenters. The highest BCUT2D eigenvalue weighted by atomic mass is 16.6. The maximum absolute atomic E-state index is 13.6. The van der Waals surface area contributed by atoms with E-state index in [1.165, 1.54) is 90.2 Å². The number of anilines is 2. The molecule has 2 rings (SSSR count). The zero-order valence-corrected chi connectivity index (χ0v) is 29.7. The van der Waals surface area contributed by atoms with Crippen LogP contribution < -0.4 is 15.4 Å². The van der Waals surface area contributed by atoms with E-state index >= 15 is 0 Å². The standard InChI is InChI=1S/C37H59N3O7/c1-7-9-10-11-12-13-14-15-16-17-18-19-20-21-22-23-31(41)38-27-24-25-30(46-6)28(26-27)39-34(43)32(33(42)37(3,4)5)40-35(44)29(8-2)47-36(40)45/h24-26,29,32H,7-23H2,1-6H3,(H,38,41)(H,39,43). The van der Waals surface area contributed by atoms with Gasteiger partial charge in [0.25, 0.3) is 11.8 Å². The number of amides is 4. The Balaban J connectivity index is 1.84. The molecule has 1 fully saturated rings. The lowest BCUT2D eigenvalue weighted by Crippen LogP contribution is -2.55. The van der Waals surface area contributed by atoms with Crippen LogP contribution in [0.4, 0.5) is 16.2 Å². The molecule has 0 radical (unpaired) electrons. The second-order valence-corrected chi connectivity index (χ2v) is 13.7. The number of nitrogens with one attached hydrogen (secondary N) is 2. The van der Waals surface area contributed by atoms with Gasteiger partial charge < -0.3 is 20.1 Å². The van der Waals surface area contributed by atoms with Crippen LogP contribution in [0.3, 0.4) is 0 Å². The van der Waals surface area contributed by atoms with Crippen molar-refractivity contribution in [2.24, 2.45) is 5.41 Å². The van der Waals surface area contributed by atoms with Crippen LogP contribution in [-0.4, -0.2) is 53.8 Å². The Hall–Kier alpha value is -3.43. The smallest absolute Gasteiger partial charge is 0.418 e. The van der Waals surface area contributed by atoms with Crippen LogP contribution in [0.25, 0.3) is 0 Å². The first kappa shape index (κ1) is 39.7. The molecule has 1 saturated heterocycles. The number of imide groups is 1. The highest BCUT2D eigenvalue weighted by Crippen LogP contribution is 2.31. The van der Waals surface area contributed by atoms with Crippen molar-refractivity contribution in [3.63, 3.8) is 0 Å². The van der Waals surface area contributed by atoms with Gasteiger partial charge in [0.2, 0.25) is 5.91 Å². The number of rotatable bonds is 23. The number of methoxy groups -OCH3 is 1. The van der Waals surface area contributed by atoms with Crippen molar-refractivity contribution in [3.8, 4) is 5.75 Å². The molecule has 0 aromatic heterocycles. The Bertz CT molecular complexity index is 1180. The SMILES string of the molecule is CCCCCCCCCCCCCCCCCC(=O)Nc1ccc(OC)c(NC(=O)C(C(=O)C(C)(C)C)N2C(=O)OC(CC)C2=O)c1. The molecule has 1 aliphatic heterocycles. The highest BCUT2D eigenvalue weighted by Gasteiger charge is 2.51. The maximum Gasteiger partial charge on any atom is 0.418 e. The van der Waals surface area contributed by atoms with Crippen LogP contribution in [0.15, 0.2) is 18.2 Å². The zero-order valence-electron chi connectivity index (χ0n) is 29.7.